The Kier molecular flexibility index (Phi) is 6.64. The number of likely N-dealkylation sites (N-methyl/N-ethyl adjacent to an activating group) is 1. The summed E-state index contributed by atoms with van der Waals surface area (Å²) in [5, 5.41) is 15.0. The molecular formula is C20H31N3O3. The van der Waals surface area contributed by atoms with Crippen LogP contribution in [0.5, 0.6) is 0 Å². The molecule has 1 aromatic carbocycles. The number of carbonyl (C=O) groups excluding carboxylic acids is 1. The zero-order valence-electron chi connectivity index (χ0n) is 16.2. The van der Waals surface area contributed by atoms with Crippen LogP contribution < -0.4 is 10.6 Å². The first-order chi connectivity index (χ1) is 12.2. The molecule has 0 spiro atoms. The van der Waals surface area contributed by atoms with Gasteiger partial charge in [0.15, 0.2) is 0 Å². The molecule has 1 aromatic rings. The van der Waals surface area contributed by atoms with Crippen molar-refractivity contribution in [3.8, 4) is 0 Å². The quantitative estimate of drug-likeness (QED) is 0.665. The van der Waals surface area contributed by atoms with Crippen molar-refractivity contribution in [2.75, 3.05) is 13.1 Å². The molecule has 0 aliphatic heterocycles. The summed E-state index contributed by atoms with van der Waals surface area (Å²) in [6.07, 6.45) is 1.59. The predicted molar refractivity (Wildman–Crippen MR) is 102 cm³/mol. The highest BCUT2D eigenvalue weighted by molar-refractivity contribution is 5.75. The van der Waals surface area contributed by atoms with Gasteiger partial charge in [-0.1, -0.05) is 51.1 Å². The number of carboxylic acids is 1. The number of rotatable bonds is 8. The minimum absolute atomic E-state index is 0.0278. The predicted octanol–water partition coefficient (Wildman–Crippen LogP) is 2.59. The maximum absolute atomic E-state index is 12.3. The molecule has 6 heteroatoms. The molecular weight excluding hydrogens is 330 g/mol. The molecule has 0 aromatic heterocycles. The van der Waals surface area contributed by atoms with Gasteiger partial charge in [0, 0.05) is 23.5 Å². The van der Waals surface area contributed by atoms with Crippen LogP contribution in [-0.4, -0.2) is 53.2 Å². The van der Waals surface area contributed by atoms with Crippen LogP contribution in [0, 0.1) is 0 Å². The van der Waals surface area contributed by atoms with Gasteiger partial charge in [-0.15, -0.1) is 0 Å². The van der Waals surface area contributed by atoms with Gasteiger partial charge in [-0.05, 0) is 31.9 Å². The van der Waals surface area contributed by atoms with E-state index in [9.17, 15) is 9.59 Å². The van der Waals surface area contributed by atoms with E-state index in [0.717, 1.165) is 12.8 Å². The molecule has 26 heavy (non-hydrogen) atoms. The van der Waals surface area contributed by atoms with Crippen molar-refractivity contribution in [3.63, 3.8) is 0 Å². The number of aliphatic carboxylic acids is 1. The second-order valence-corrected chi connectivity index (χ2v) is 7.71. The Morgan fingerprint density at radius 3 is 2.42 bits per heavy atom. The molecule has 0 heterocycles. The highest BCUT2D eigenvalue weighted by Crippen LogP contribution is 2.28. The zero-order valence-corrected chi connectivity index (χ0v) is 16.2. The van der Waals surface area contributed by atoms with Gasteiger partial charge in [0.25, 0.3) is 0 Å². The molecule has 1 aliphatic carbocycles. The lowest BCUT2D eigenvalue weighted by Gasteiger charge is -2.42. The van der Waals surface area contributed by atoms with Gasteiger partial charge in [-0.25, -0.2) is 4.79 Å². The van der Waals surface area contributed by atoms with Crippen molar-refractivity contribution >= 4 is 12.0 Å². The van der Waals surface area contributed by atoms with Crippen molar-refractivity contribution in [2.24, 2.45) is 0 Å². The van der Waals surface area contributed by atoms with Gasteiger partial charge in [-0.3, -0.25) is 9.69 Å². The normalized spacial score (nSPS) is 21.0. The fourth-order valence-electron chi connectivity index (χ4n) is 3.40. The van der Waals surface area contributed by atoms with E-state index >= 15 is 0 Å². The monoisotopic (exact) mass is 361 g/mol. The van der Waals surface area contributed by atoms with Crippen LogP contribution in [0.4, 0.5) is 4.79 Å². The van der Waals surface area contributed by atoms with Crippen molar-refractivity contribution < 1.29 is 14.7 Å². The highest BCUT2D eigenvalue weighted by Gasteiger charge is 2.35. The number of nitrogens with zero attached hydrogens (tertiary/aromatic N) is 1. The largest absolute Gasteiger partial charge is 0.480 e. The fourth-order valence-corrected chi connectivity index (χ4v) is 3.40. The summed E-state index contributed by atoms with van der Waals surface area (Å²) in [7, 11) is 0. The van der Waals surface area contributed by atoms with Gasteiger partial charge in [0.05, 0.1) is 6.54 Å². The molecule has 1 atom stereocenters. The fraction of sp³-hybridized carbons (Fsp3) is 0.600. The summed E-state index contributed by atoms with van der Waals surface area (Å²) in [6.45, 7) is 8.99. The summed E-state index contributed by atoms with van der Waals surface area (Å²) in [5.41, 5.74) is 1.00. The third kappa shape index (κ3) is 4.97. The molecule has 3 N–H and O–H groups in total. The van der Waals surface area contributed by atoms with Gasteiger partial charge in [0.1, 0.15) is 0 Å². The second-order valence-electron chi connectivity index (χ2n) is 7.71. The van der Waals surface area contributed by atoms with Gasteiger partial charge < -0.3 is 15.7 Å². The molecule has 6 nitrogen and oxygen atoms in total. The van der Waals surface area contributed by atoms with E-state index in [2.05, 4.69) is 36.6 Å². The van der Waals surface area contributed by atoms with Gasteiger partial charge in [0.2, 0.25) is 0 Å². The summed E-state index contributed by atoms with van der Waals surface area (Å²) in [4.78, 5) is 25.2. The number of carbonyl (C=O) groups is 2. The van der Waals surface area contributed by atoms with E-state index in [1.807, 2.05) is 36.9 Å². The molecule has 0 bridgehead atoms. The summed E-state index contributed by atoms with van der Waals surface area (Å²) in [5.74, 6) is -0.807. The van der Waals surface area contributed by atoms with Crippen LogP contribution in [0.2, 0.25) is 0 Å². The number of urea groups is 1. The van der Waals surface area contributed by atoms with E-state index in [1.54, 1.807) is 0 Å². The molecule has 1 saturated carbocycles. The summed E-state index contributed by atoms with van der Waals surface area (Å²) < 4.78 is 0. The molecule has 1 aliphatic rings. The van der Waals surface area contributed by atoms with E-state index < -0.39 is 5.97 Å². The lowest BCUT2D eigenvalue weighted by molar-refractivity contribution is -0.139. The van der Waals surface area contributed by atoms with E-state index in [1.165, 1.54) is 5.56 Å². The number of hydrogen-bond donors (Lipinski definition) is 3. The topological polar surface area (TPSA) is 81.7 Å². The third-order valence-corrected chi connectivity index (χ3v) is 5.66. The zero-order chi connectivity index (χ0) is 19.3. The van der Waals surface area contributed by atoms with Gasteiger partial charge in [-0.2, -0.15) is 0 Å². The first kappa shape index (κ1) is 20.2. The third-order valence-electron chi connectivity index (χ3n) is 5.66. The summed E-state index contributed by atoms with van der Waals surface area (Å²) in [6, 6.07) is 10.3. The Hall–Kier alpha value is -2.08. The van der Waals surface area contributed by atoms with Crippen LogP contribution in [-0.2, 0) is 10.2 Å². The first-order valence-electron chi connectivity index (χ1n) is 9.32. The van der Waals surface area contributed by atoms with Crippen LogP contribution in [0.15, 0.2) is 30.3 Å². The first-order valence-corrected chi connectivity index (χ1v) is 9.32. The minimum Gasteiger partial charge on any atom is -0.480 e. The van der Waals surface area contributed by atoms with Crippen molar-refractivity contribution in [1.29, 1.82) is 0 Å². The smallest absolute Gasteiger partial charge is 0.317 e. The lowest BCUT2D eigenvalue weighted by atomic mass is 9.78. The molecule has 0 saturated heterocycles. The van der Waals surface area contributed by atoms with Crippen molar-refractivity contribution in [3.05, 3.63) is 35.9 Å². The lowest BCUT2D eigenvalue weighted by Crippen LogP contribution is -2.58. The van der Waals surface area contributed by atoms with E-state index in [-0.39, 0.29) is 36.1 Å². The number of nitrogens with one attached hydrogen (secondary N) is 2. The standard InChI is InChI=1S/C20H31N3O3/c1-5-23(13-18(24)25)17-11-16(12-17)22-19(26)21-14(2)20(3,4)15-9-7-6-8-10-15/h6-10,14,16-17H,5,11-13H2,1-4H3,(H,24,25)(H2,21,22,26). The maximum Gasteiger partial charge on any atom is 0.317 e. The molecule has 2 rings (SSSR count). The SMILES string of the molecule is CCN(CC(=O)O)C1CC(NC(=O)NC(C)C(C)(C)c2ccccc2)C1. The minimum atomic E-state index is -0.807. The molecule has 2 amide bonds. The van der Waals surface area contributed by atoms with Crippen LogP contribution in [0.3, 0.4) is 0 Å². The van der Waals surface area contributed by atoms with Crippen LogP contribution >= 0.6 is 0 Å². The van der Waals surface area contributed by atoms with Gasteiger partial charge >= 0.3 is 12.0 Å². The maximum atomic E-state index is 12.3. The van der Waals surface area contributed by atoms with E-state index in [4.69, 9.17) is 5.11 Å². The van der Waals surface area contributed by atoms with Crippen molar-refractivity contribution in [2.45, 2.75) is 64.1 Å². The van der Waals surface area contributed by atoms with Crippen molar-refractivity contribution in [1.82, 2.24) is 15.5 Å². The number of hydrogen-bond acceptors (Lipinski definition) is 3. The Balaban J connectivity index is 1.80. The second kappa shape index (κ2) is 8.54. The Morgan fingerprint density at radius 1 is 1.27 bits per heavy atom. The average Bonchev–Trinajstić information content (AvgIpc) is 2.56. The number of carboxylic acid groups (broad SMARTS) is 1. The molecule has 144 valence electrons. The Morgan fingerprint density at radius 2 is 1.88 bits per heavy atom. The molecule has 0 radical (unpaired) electrons. The Labute approximate surface area is 156 Å². The van der Waals surface area contributed by atoms with E-state index in [0.29, 0.717) is 6.54 Å². The van der Waals surface area contributed by atoms with Crippen LogP contribution in [0.25, 0.3) is 0 Å². The molecule has 1 unspecified atom stereocenters. The average molecular weight is 361 g/mol. The summed E-state index contributed by atoms with van der Waals surface area (Å²) >= 11 is 0. The Bertz CT molecular complexity index is 612. The molecule has 1 fully saturated rings. The number of amides is 2. The highest BCUT2D eigenvalue weighted by atomic mass is 16.4. The number of benzene rings is 1. The van der Waals surface area contributed by atoms with Crippen LogP contribution in [0.1, 0.15) is 46.1 Å².